The summed E-state index contributed by atoms with van der Waals surface area (Å²) in [5.41, 5.74) is 2.71. The van der Waals surface area contributed by atoms with E-state index in [0.29, 0.717) is 35.2 Å². The van der Waals surface area contributed by atoms with Crippen LogP contribution in [-0.4, -0.2) is 10.9 Å². The van der Waals surface area contributed by atoms with Crippen molar-refractivity contribution in [2.75, 3.05) is 0 Å². The molecule has 0 aliphatic heterocycles. The molecule has 0 bridgehead atoms. The molecule has 4 rings (SSSR count). The molecule has 0 aromatic heterocycles. The Labute approximate surface area is 126 Å². The van der Waals surface area contributed by atoms with Crippen molar-refractivity contribution in [3.63, 3.8) is 0 Å². The van der Waals surface area contributed by atoms with Crippen LogP contribution in [0.5, 0.6) is 5.75 Å². The lowest BCUT2D eigenvalue weighted by Gasteiger charge is -2.51. The van der Waals surface area contributed by atoms with E-state index in [9.17, 15) is 9.90 Å². The van der Waals surface area contributed by atoms with Gasteiger partial charge in [0.1, 0.15) is 11.5 Å². The summed E-state index contributed by atoms with van der Waals surface area (Å²) >= 11 is 0. The third kappa shape index (κ3) is 1.74. The first-order valence-electron chi connectivity index (χ1n) is 8.36. The Morgan fingerprint density at radius 3 is 2.86 bits per heavy atom. The first kappa shape index (κ1) is 13.4. The van der Waals surface area contributed by atoms with Crippen molar-refractivity contribution >= 4 is 5.78 Å². The summed E-state index contributed by atoms with van der Waals surface area (Å²) in [5, 5.41) is 9.73. The molecule has 1 aromatic carbocycles. The zero-order chi connectivity index (χ0) is 14.8. The van der Waals surface area contributed by atoms with E-state index in [1.807, 2.05) is 12.1 Å². The van der Waals surface area contributed by atoms with E-state index in [1.165, 1.54) is 17.5 Å². The summed E-state index contributed by atoms with van der Waals surface area (Å²) in [6.07, 6.45) is 5.16. The molecule has 2 fully saturated rings. The molecular weight excluding hydrogens is 260 g/mol. The van der Waals surface area contributed by atoms with Crippen LogP contribution in [0.2, 0.25) is 0 Å². The summed E-state index contributed by atoms with van der Waals surface area (Å²) in [6, 6.07) is 5.92. The number of carbonyl (C=O) groups excluding carboxylic acids is 1. The van der Waals surface area contributed by atoms with Gasteiger partial charge in [-0.15, -0.1) is 0 Å². The second-order valence-electron chi connectivity index (χ2n) is 7.78. The molecule has 1 N–H and O–H groups in total. The molecule has 3 aliphatic carbocycles. The van der Waals surface area contributed by atoms with Gasteiger partial charge in [0.2, 0.25) is 0 Å². The smallest absolute Gasteiger partial charge is 0.139 e. The zero-order valence-corrected chi connectivity index (χ0v) is 12.9. The van der Waals surface area contributed by atoms with Crippen LogP contribution in [0.4, 0.5) is 0 Å². The van der Waals surface area contributed by atoms with E-state index >= 15 is 0 Å². The van der Waals surface area contributed by atoms with E-state index in [0.717, 1.165) is 25.7 Å². The van der Waals surface area contributed by atoms with E-state index in [1.54, 1.807) is 0 Å². The number of fused-ring (bicyclic) bond motifs is 5. The lowest BCUT2D eigenvalue weighted by atomic mass is 9.52. The number of benzene rings is 1. The van der Waals surface area contributed by atoms with Gasteiger partial charge in [-0.25, -0.2) is 0 Å². The number of phenolic OH excluding ortho intramolecular Hbond substituents is 1. The molecular formula is C19H24O2. The summed E-state index contributed by atoms with van der Waals surface area (Å²) in [4.78, 5) is 12.4. The highest BCUT2D eigenvalue weighted by molar-refractivity contribution is 5.87. The SMILES string of the molecule is C[C@@H]1C[C@]2(C)C(=O)CC[C@H]2[C@@H]2CCc3cc(O)ccc3[C@H]21. The summed E-state index contributed by atoms with van der Waals surface area (Å²) < 4.78 is 0. The number of hydrogen-bond acceptors (Lipinski definition) is 2. The van der Waals surface area contributed by atoms with Gasteiger partial charge in [-0.3, -0.25) is 4.79 Å². The molecule has 21 heavy (non-hydrogen) atoms. The van der Waals surface area contributed by atoms with Crippen LogP contribution in [0.1, 0.15) is 56.6 Å². The Morgan fingerprint density at radius 1 is 1.24 bits per heavy atom. The van der Waals surface area contributed by atoms with E-state index in [2.05, 4.69) is 19.9 Å². The minimum Gasteiger partial charge on any atom is -0.508 e. The third-order valence-electron chi connectivity index (χ3n) is 6.71. The van der Waals surface area contributed by atoms with Gasteiger partial charge in [-0.2, -0.15) is 0 Å². The highest BCUT2D eigenvalue weighted by Gasteiger charge is 2.56. The van der Waals surface area contributed by atoms with Gasteiger partial charge in [0.05, 0.1) is 0 Å². The monoisotopic (exact) mass is 284 g/mol. The van der Waals surface area contributed by atoms with Crippen LogP contribution in [0, 0.1) is 23.2 Å². The van der Waals surface area contributed by atoms with E-state index < -0.39 is 0 Å². The first-order valence-corrected chi connectivity index (χ1v) is 8.36. The van der Waals surface area contributed by atoms with Crippen molar-refractivity contribution in [3.05, 3.63) is 29.3 Å². The fourth-order valence-corrected chi connectivity index (χ4v) is 5.89. The molecule has 2 saturated carbocycles. The number of ketones is 1. The fraction of sp³-hybridized carbons (Fsp3) is 0.632. The first-order chi connectivity index (χ1) is 10.0. The van der Waals surface area contributed by atoms with Gasteiger partial charge in [0.25, 0.3) is 0 Å². The quantitative estimate of drug-likeness (QED) is 0.780. The Morgan fingerprint density at radius 2 is 2.05 bits per heavy atom. The lowest BCUT2D eigenvalue weighted by molar-refractivity contribution is -0.130. The van der Waals surface area contributed by atoms with Crippen LogP contribution in [0.3, 0.4) is 0 Å². The van der Waals surface area contributed by atoms with Crippen molar-refractivity contribution in [2.24, 2.45) is 23.2 Å². The highest BCUT2D eigenvalue weighted by Crippen LogP contribution is 2.61. The van der Waals surface area contributed by atoms with Crippen LogP contribution in [0.25, 0.3) is 0 Å². The Bertz CT molecular complexity index is 606. The molecule has 5 atom stereocenters. The largest absolute Gasteiger partial charge is 0.508 e. The number of Topliss-reactive ketones (excluding diaryl/α,β-unsaturated/α-hetero) is 1. The van der Waals surface area contributed by atoms with E-state index in [-0.39, 0.29) is 5.41 Å². The maximum absolute atomic E-state index is 12.4. The molecule has 0 unspecified atom stereocenters. The highest BCUT2D eigenvalue weighted by atomic mass is 16.3. The maximum atomic E-state index is 12.4. The molecule has 2 nitrogen and oxygen atoms in total. The number of rotatable bonds is 0. The van der Waals surface area contributed by atoms with Gasteiger partial charge >= 0.3 is 0 Å². The van der Waals surface area contributed by atoms with Crippen LogP contribution in [-0.2, 0) is 11.2 Å². The molecule has 0 radical (unpaired) electrons. The van der Waals surface area contributed by atoms with Crippen LogP contribution < -0.4 is 0 Å². The minimum atomic E-state index is -0.0605. The fourth-order valence-electron chi connectivity index (χ4n) is 5.89. The number of aromatic hydroxyl groups is 1. The molecule has 0 spiro atoms. The predicted octanol–water partition coefficient (Wildman–Crippen LogP) is 4.06. The van der Waals surface area contributed by atoms with Crippen molar-refractivity contribution < 1.29 is 9.90 Å². The molecule has 0 saturated heterocycles. The number of hydrogen-bond donors (Lipinski definition) is 1. The molecule has 2 heteroatoms. The molecule has 0 heterocycles. The third-order valence-corrected chi connectivity index (χ3v) is 6.71. The van der Waals surface area contributed by atoms with Crippen molar-refractivity contribution in [2.45, 2.75) is 51.9 Å². The standard InChI is InChI=1S/C19H24O2/c1-11-10-19(2)16(7-8-17(19)21)15-5-3-12-9-13(20)4-6-14(12)18(11)15/h4,6,9,11,15-16,18,20H,3,5,7-8,10H2,1-2H3/t11-,15+,16+,18-,19+/m1/s1. The van der Waals surface area contributed by atoms with E-state index in [4.69, 9.17) is 0 Å². The van der Waals surface area contributed by atoms with Crippen LogP contribution in [0.15, 0.2) is 18.2 Å². The Hall–Kier alpha value is -1.31. The van der Waals surface area contributed by atoms with Crippen LogP contribution >= 0.6 is 0 Å². The molecule has 0 amide bonds. The predicted molar refractivity (Wildman–Crippen MR) is 82.3 cm³/mol. The molecule has 112 valence electrons. The van der Waals surface area contributed by atoms with Crippen molar-refractivity contribution in [1.29, 1.82) is 0 Å². The average molecular weight is 284 g/mol. The van der Waals surface area contributed by atoms with Gasteiger partial charge in [0, 0.05) is 11.8 Å². The summed E-state index contributed by atoms with van der Waals surface area (Å²) in [5.74, 6) is 3.27. The van der Waals surface area contributed by atoms with Crippen molar-refractivity contribution in [3.8, 4) is 5.75 Å². The molecule has 1 aromatic rings. The topological polar surface area (TPSA) is 37.3 Å². The Kier molecular flexibility index (Phi) is 2.76. The lowest BCUT2D eigenvalue weighted by Crippen LogP contribution is -2.46. The number of carbonyl (C=O) groups is 1. The second kappa shape index (κ2) is 4.34. The number of aryl methyl sites for hydroxylation is 1. The second-order valence-corrected chi connectivity index (χ2v) is 7.78. The number of phenols is 1. The molecule has 3 aliphatic rings. The average Bonchev–Trinajstić information content (AvgIpc) is 2.74. The van der Waals surface area contributed by atoms with Crippen molar-refractivity contribution in [1.82, 2.24) is 0 Å². The summed E-state index contributed by atoms with van der Waals surface area (Å²) in [7, 11) is 0. The zero-order valence-electron chi connectivity index (χ0n) is 12.9. The maximum Gasteiger partial charge on any atom is 0.139 e. The van der Waals surface area contributed by atoms with Gasteiger partial charge in [-0.1, -0.05) is 19.9 Å². The normalized spacial score (nSPS) is 41.3. The Balaban J connectivity index is 1.78. The minimum absolute atomic E-state index is 0.0605. The van der Waals surface area contributed by atoms with Gasteiger partial charge in [-0.05, 0) is 72.6 Å². The van der Waals surface area contributed by atoms with Gasteiger partial charge in [0.15, 0.2) is 0 Å². The van der Waals surface area contributed by atoms with Gasteiger partial charge < -0.3 is 5.11 Å². The summed E-state index contributed by atoms with van der Waals surface area (Å²) in [6.45, 7) is 4.55.